The van der Waals surface area contributed by atoms with E-state index in [4.69, 9.17) is 56.8 Å². The van der Waals surface area contributed by atoms with Crippen molar-refractivity contribution in [2.24, 2.45) is 50.2 Å². The largest absolute Gasteiger partial charge is 0.432 e. The maximum absolute atomic E-state index is 15.7. The highest BCUT2D eigenvalue weighted by atomic mass is 16.8. The second-order valence-electron chi connectivity index (χ2n) is 32.0. The number of carbonyl (C=O) groups is 1. The number of allylic oxidation sites excluding steroid dienone is 2. The van der Waals surface area contributed by atoms with Gasteiger partial charge in [-0.2, -0.15) is 0 Å². The fourth-order valence-corrected chi connectivity index (χ4v) is 19.3. The molecule has 6 saturated heterocycles. The first-order chi connectivity index (χ1) is 46.5. The van der Waals surface area contributed by atoms with Crippen molar-refractivity contribution in [2.45, 2.75) is 303 Å². The summed E-state index contributed by atoms with van der Waals surface area (Å²) in [6.07, 6.45) is -45.6. The number of rotatable bonds is 18. The van der Waals surface area contributed by atoms with Crippen LogP contribution < -0.4 is 0 Å². The van der Waals surface area contributed by atoms with Gasteiger partial charge in [0.05, 0.1) is 51.2 Å². The standard InChI is InChI=1S/C66H108O33/c1-61(2)14-16-66(60(87)99-59-51(86)53(98-57-49(84)45(80)39(74)30(22-70)93-57)41(76)32(95-59)24-89-55-47(82)43(78)37(72)28(20-68)91-55)17-15-64(6)25(26(66)18-61)8-9-34-63(5)12-11-35(62(3,4)33(63)10-13-65(34,64)7)96-58-50(85)52(97-56-48(83)44(79)38(73)29(21-69)92-56)40(75)31(94-58)23-88-54-46(81)42(77)36(71)27(19-67)90-54/h8,26-59,67-86H,9-24H2,1-7H3/t26-,27+,28+,29+,30+,31+,32+,33-,34+,35-,36+,37+,38+,39+,40+,41+,42-,43-,44-,45-,46-,47-,48-,49-,50-,51-,52-,53-,54-,55-,56+,57+,58+,59+,63-,64+,65+,66-/m0/s1. The molecule has 0 aromatic heterocycles. The highest BCUT2D eigenvalue weighted by Crippen LogP contribution is 2.76. The van der Waals surface area contributed by atoms with Gasteiger partial charge in [0, 0.05) is 0 Å². The molecule has 99 heavy (non-hydrogen) atoms. The minimum Gasteiger partial charge on any atom is -0.432 e. The summed E-state index contributed by atoms with van der Waals surface area (Å²) in [6.45, 7) is 10.9. The molecule has 5 aliphatic carbocycles. The van der Waals surface area contributed by atoms with Crippen molar-refractivity contribution in [3.63, 3.8) is 0 Å². The summed E-state index contributed by atoms with van der Waals surface area (Å²) in [7, 11) is 0. The van der Waals surface area contributed by atoms with Gasteiger partial charge in [-0.15, -0.1) is 0 Å². The second-order valence-corrected chi connectivity index (χ2v) is 32.0. The average molecular weight is 1430 g/mol. The van der Waals surface area contributed by atoms with Crippen molar-refractivity contribution >= 4 is 5.97 Å². The number of aliphatic hydroxyl groups excluding tert-OH is 20. The summed E-state index contributed by atoms with van der Waals surface area (Å²) >= 11 is 0. The number of hydrogen-bond acceptors (Lipinski definition) is 33. The van der Waals surface area contributed by atoms with E-state index in [0.717, 1.165) is 12.0 Å². The maximum atomic E-state index is 15.7. The summed E-state index contributed by atoms with van der Waals surface area (Å²) in [5.74, 6) is -1.06. The van der Waals surface area contributed by atoms with E-state index in [0.29, 0.717) is 57.8 Å². The molecule has 33 heteroatoms. The van der Waals surface area contributed by atoms with Crippen molar-refractivity contribution in [1.82, 2.24) is 0 Å². The van der Waals surface area contributed by atoms with Crippen LogP contribution in [0.15, 0.2) is 11.6 Å². The average Bonchev–Trinajstić information content (AvgIpc) is 0.675. The van der Waals surface area contributed by atoms with E-state index in [1.54, 1.807) is 0 Å². The SMILES string of the molecule is CC1(C)CC[C@]2(C(=O)O[C@H]3O[C@H](CO[C@H]4O[C@H](CO)[C@@H](O)[C@H](O)[C@@H]4O)[C@@H](O)[C@H](O[C@H]4O[C@H](CO)[C@@H](O)[C@H](O)[C@@H]4O)[C@@H]3O)CC[C@]3(C)C(=CC[C@@H]4[C@@]5(C)CC[C@H](O[C@H]6O[C@H](CO[C@H]7O[C@H](CO)[C@@H](O)[C@H](O)[C@@H]7O)[C@@H](O)[C@H](O[C@H]7O[C@H](CO)[C@@H](O)[C@H](O)[C@@H]7O)[C@@H]6O)C(C)(C)[C@@H]5CC[C@]43C)[C@@H]2C1. The Labute approximate surface area is 572 Å². The molecule has 11 rings (SSSR count). The normalized spacial score (nSPS) is 53.6. The number of carbonyl (C=O) groups excluding carboxylic acids is 1. The Morgan fingerprint density at radius 3 is 1.29 bits per heavy atom. The van der Waals surface area contributed by atoms with E-state index < -0.39 is 258 Å². The first-order valence-corrected chi connectivity index (χ1v) is 34.9. The maximum Gasteiger partial charge on any atom is 0.315 e. The van der Waals surface area contributed by atoms with Gasteiger partial charge in [-0.25, -0.2) is 0 Å². The van der Waals surface area contributed by atoms with Gasteiger partial charge >= 0.3 is 5.97 Å². The number of esters is 1. The van der Waals surface area contributed by atoms with Gasteiger partial charge in [-0.05, 0) is 109 Å². The lowest BCUT2D eigenvalue weighted by Crippen LogP contribution is -2.67. The molecule has 33 nitrogen and oxygen atoms in total. The molecule has 0 unspecified atom stereocenters. The Morgan fingerprint density at radius 2 is 0.828 bits per heavy atom. The number of fused-ring (bicyclic) bond motifs is 7. The molecule has 0 bridgehead atoms. The summed E-state index contributed by atoms with van der Waals surface area (Å²) in [4.78, 5) is 15.7. The van der Waals surface area contributed by atoms with Crippen LogP contribution >= 0.6 is 0 Å². The van der Waals surface area contributed by atoms with Crippen molar-refractivity contribution in [1.29, 1.82) is 0 Å². The van der Waals surface area contributed by atoms with E-state index in [2.05, 4.69) is 54.5 Å². The third-order valence-corrected chi connectivity index (χ3v) is 25.6. The highest BCUT2D eigenvalue weighted by Gasteiger charge is 2.71. The molecule has 38 atom stereocenters. The van der Waals surface area contributed by atoms with Crippen LogP contribution in [0.3, 0.4) is 0 Å². The predicted octanol–water partition coefficient (Wildman–Crippen LogP) is -6.39. The monoisotopic (exact) mass is 1430 g/mol. The van der Waals surface area contributed by atoms with Gasteiger partial charge < -0.3 is 159 Å². The highest BCUT2D eigenvalue weighted by molar-refractivity contribution is 5.79. The van der Waals surface area contributed by atoms with Gasteiger partial charge in [0.15, 0.2) is 31.5 Å². The fourth-order valence-electron chi connectivity index (χ4n) is 19.3. The van der Waals surface area contributed by atoms with Crippen LogP contribution in [0, 0.1) is 50.2 Å². The zero-order valence-electron chi connectivity index (χ0n) is 56.8. The van der Waals surface area contributed by atoms with E-state index in [1.807, 2.05) is 0 Å². The lowest BCUT2D eigenvalue weighted by atomic mass is 9.33. The molecule has 6 heterocycles. The van der Waals surface area contributed by atoms with Crippen molar-refractivity contribution in [3.05, 3.63) is 11.6 Å². The van der Waals surface area contributed by atoms with Crippen LogP contribution in [0.4, 0.5) is 0 Å². The lowest BCUT2D eigenvalue weighted by molar-refractivity contribution is -0.375. The molecule has 4 saturated carbocycles. The van der Waals surface area contributed by atoms with Crippen LogP contribution in [0.1, 0.15) is 113 Å². The number of ether oxygens (including phenoxy) is 12. The predicted molar refractivity (Wildman–Crippen MR) is 328 cm³/mol. The Kier molecular flexibility index (Phi) is 23.3. The molecule has 10 fully saturated rings. The third kappa shape index (κ3) is 13.7. The minimum atomic E-state index is -2.05. The lowest BCUT2D eigenvalue weighted by Gasteiger charge is -2.71. The van der Waals surface area contributed by atoms with Crippen LogP contribution in [0.2, 0.25) is 0 Å². The van der Waals surface area contributed by atoms with Gasteiger partial charge in [0.25, 0.3) is 0 Å². The summed E-state index contributed by atoms with van der Waals surface area (Å²) in [5.41, 5.74) is -2.22. The molecule has 20 N–H and O–H groups in total. The molecule has 0 aromatic rings. The van der Waals surface area contributed by atoms with E-state index in [-0.39, 0.29) is 28.1 Å². The van der Waals surface area contributed by atoms with Crippen LogP contribution in [0.5, 0.6) is 0 Å². The quantitative estimate of drug-likeness (QED) is 0.0345. The number of aliphatic hydroxyl groups is 20. The summed E-state index contributed by atoms with van der Waals surface area (Å²) in [5, 5.41) is 216. The second kappa shape index (κ2) is 29.6. The first-order valence-electron chi connectivity index (χ1n) is 34.9. The molecule has 0 radical (unpaired) electrons. The molecule has 6 aliphatic heterocycles. The van der Waals surface area contributed by atoms with Crippen LogP contribution in [-0.2, 0) is 61.6 Å². The van der Waals surface area contributed by atoms with Gasteiger partial charge in [0.1, 0.15) is 146 Å². The Hall–Kier alpha value is -2.03. The Morgan fingerprint density at radius 1 is 0.424 bits per heavy atom. The van der Waals surface area contributed by atoms with Crippen molar-refractivity contribution in [2.75, 3.05) is 39.6 Å². The van der Waals surface area contributed by atoms with Crippen LogP contribution in [0.25, 0.3) is 0 Å². The Bertz CT molecular complexity index is 2760. The zero-order valence-corrected chi connectivity index (χ0v) is 56.8. The molecule has 0 amide bonds. The first kappa shape index (κ1) is 78.1. The van der Waals surface area contributed by atoms with Gasteiger partial charge in [-0.1, -0.05) is 60.1 Å². The molecule has 570 valence electrons. The van der Waals surface area contributed by atoms with E-state index in [9.17, 15) is 102 Å². The van der Waals surface area contributed by atoms with Crippen molar-refractivity contribution in [3.8, 4) is 0 Å². The van der Waals surface area contributed by atoms with Crippen LogP contribution in [-0.4, -0.2) is 338 Å². The zero-order chi connectivity index (χ0) is 72.3. The van der Waals surface area contributed by atoms with E-state index >= 15 is 4.79 Å². The third-order valence-electron chi connectivity index (χ3n) is 25.6. The topological polar surface area (TPSA) is 532 Å². The van der Waals surface area contributed by atoms with Gasteiger partial charge in [0.2, 0.25) is 6.29 Å². The fraction of sp³-hybridized carbons (Fsp3) is 0.955. The van der Waals surface area contributed by atoms with Crippen molar-refractivity contribution < 1.29 is 164 Å². The Balaban J connectivity index is 0.833. The minimum absolute atomic E-state index is 0.0233. The van der Waals surface area contributed by atoms with Gasteiger partial charge in [-0.3, -0.25) is 4.79 Å². The molecule has 0 aromatic carbocycles. The summed E-state index contributed by atoms with van der Waals surface area (Å²) < 4.78 is 71.7. The molecule has 11 aliphatic rings. The molecular formula is C66H108O33. The summed E-state index contributed by atoms with van der Waals surface area (Å²) in [6, 6.07) is 0. The smallest absolute Gasteiger partial charge is 0.315 e. The molecule has 0 spiro atoms. The van der Waals surface area contributed by atoms with E-state index in [1.165, 1.54) is 0 Å². The number of hydrogen-bond donors (Lipinski definition) is 20. The molecular weight excluding hydrogens is 1320 g/mol.